The third-order valence-electron chi connectivity index (χ3n) is 5.66. The third kappa shape index (κ3) is 4.49. The summed E-state index contributed by atoms with van der Waals surface area (Å²) in [6, 6.07) is 10.7. The summed E-state index contributed by atoms with van der Waals surface area (Å²) in [5.41, 5.74) is -1.02. The average Bonchev–Trinajstić information content (AvgIpc) is 3.08. The van der Waals surface area contributed by atoms with Crippen molar-refractivity contribution in [3.8, 4) is 11.5 Å². The van der Waals surface area contributed by atoms with Crippen LogP contribution in [0.4, 0.5) is 14.0 Å². The first-order valence-electron chi connectivity index (χ1n) is 10.7. The molecule has 178 valence electrons. The first kappa shape index (κ1) is 23.0. The van der Waals surface area contributed by atoms with Crippen LogP contribution in [0.1, 0.15) is 18.9 Å². The monoisotopic (exact) mass is 470 g/mol. The molecule has 0 radical (unpaired) electrons. The fraction of sp³-hybridized carbons (Fsp3) is 0.304. The van der Waals surface area contributed by atoms with Gasteiger partial charge in [0.25, 0.3) is 5.91 Å². The van der Waals surface area contributed by atoms with Gasteiger partial charge in [-0.05, 0) is 36.2 Å². The molecule has 2 aliphatic rings. The summed E-state index contributed by atoms with van der Waals surface area (Å²) in [6.45, 7) is 1.32. The molecule has 4 rings (SSSR count). The molecule has 0 saturated carbocycles. The number of fused-ring (bicyclic) bond motifs is 1. The Labute approximate surface area is 194 Å². The van der Waals surface area contributed by atoms with Gasteiger partial charge in [-0.2, -0.15) is 0 Å². The van der Waals surface area contributed by atoms with Gasteiger partial charge in [0.1, 0.15) is 24.5 Å². The number of halogens is 1. The van der Waals surface area contributed by atoms with E-state index in [1.165, 1.54) is 24.3 Å². The Bertz CT molecular complexity index is 1120. The van der Waals surface area contributed by atoms with Crippen LogP contribution in [0.5, 0.6) is 11.5 Å². The van der Waals surface area contributed by atoms with Gasteiger partial charge in [-0.15, -0.1) is 0 Å². The van der Waals surface area contributed by atoms with Crippen molar-refractivity contribution in [2.24, 2.45) is 0 Å². The Kier molecular flexibility index (Phi) is 6.35. The van der Waals surface area contributed by atoms with E-state index >= 15 is 0 Å². The van der Waals surface area contributed by atoms with Gasteiger partial charge in [0.2, 0.25) is 5.91 Å². The van der Waals surface area contributed by atoms with Crippen molar-refractivity contribution in [1.29, 1.82) is 0 Å². The summed E-state index contributed by atoms with van der Waals surface area (Å²) in [4.78, 5) is 50.7. The molecule has 34 heavy (non-hydrogen) atoms. The van der Waals surface area contributed by atoms with Gasteiger partial charge in [-0.3, -0.25) is 19.8 Å². The van der Waals surface area contributed by atoms with Gasteiger partial charge >= 0.3 is 12.1 Å². The van der Waals surface area contributed by atoms with E-state index in [-0.39, 0.29) is 19.6 Å². The summed E-state index contributed by atoms with van der Waals surface area (Å²) in [7, 11) is 0. The molecule has 0 spiro atoms. The second-order valence-electron chi connectivity index (χ2n) is 7.84. The quantitative estimate of drug-likeness (QED) is 0.551. The lowest BCUT2D eigenvalue weighted by Gasteiger charge is -2.26. The third-order valence-corrected chi connectivity index (χ3v) is 5.66. The molecule has 6 amide bonds. The number of para-hydroxylation sites is 2. The van der Waals surface area contributed by atoms with E-state index in [2.05, 4.69) is 16.0 Å². The van der Waals surface area contributed by atoms with Crippen LogP contribution in [0.15, 0.2) is 48.5 Å². The van der Waals surface area contributed by atoms with Gasteiger partial charge in [0.05, 0.1) is 6.54 Å². The molecule has 10 nitrogen and oxygen atoms in total. The predicted octanol–water partition coefficient (Wildman–Crippen LogP) is 1.65. The number of hydrogen-bond acceptors (Lipinski definition) is 6. The van der Waals surface area contributed by atoms with Crippen molar-refractivity contribution in [3.63, 3.8) is 0 Å². The van der Waals surface area contributed by atoms with Crippen molar-refractivity contribution < 1.29 is 33.0 Å². The van der Waals surface area contributed by atoms with Crippen LogP contribution in [0.25, 0.3) is 0 Å². The smallest absolute Gasteiger partial charge is 0.325 e. The van der Waals surface area contributed by atoms with Crippen LogP contribution in [0, 0.1) is 5.82 Å². The van der Waals surface area contributed by atoms with Crippen molar-refractivity contribution in [2.45, 2.75) is 25.0 Å². The van der Waals surface area contributed by atoms with Crippen LogP contribution in [0.2, 0.25) is 0 Å². The van der Waals surface area contributed by atoms with E-state index < -0.39 is 47.9 Å². The lowest BCUT2D eigenvalue weighted by Crippen LogP contribution is -2.49. The summed E-state index contributed by atoms with van der Waals surface area (Å²) in [5.74, 6) is -0.831. The molecule has 11 heteroatoms. The van der Waals surface area contributed by atoms with Gasteiger partial charge in [-0.25, -0.2) is 14.0 Å². The molecule has 0 aliphatic carbocycles. The summed E-state index contributed by atoms with van der Waals surface area (Å²) in [6.07, 6.45) is -0.267. The normalized spacial score (nSPS) is 21.1. The minimum absolute atomic E-state index is 0.0695. The highest BCUT2D eigenvalue weighted by molar-refractivity contribution is 6.10. The molecular weight excluding hydrogens is 447 g/mol. The number of carbonyl (C=O) groups is 4. The van der Waals surface area contributed by atoms with Crippen LogP contribution in [0.3, 0.4) is 0 Å². The second kappa shape index (κ2) is 9.38. The van der Waals surface area contributed by atoms with Gasteiger partial charge in [0.15, 0.2) is 17.6 Å². The first-order chi connectivity index (χ1) is 16.3. The van der Waals surface area contributed by atoms with Crippen molar-refractivity contribution in [1.82, 2.24) is 20.9 Å². The van der Waals surface area contributed by atoms with E-state index in [1.807, 2.05) is 6.07 Å². The minimum atomic E-state index is -1.41. The van der Waals surface area contributed by atoms with Crippen LogP contribution in [-0.4, -0.2) is 54.6 Å². The number of amides is 6. The zero-order valence-corrected chi connectivity index (χ0v) is 18.3. The molecule has 2 heterocycles. The molecule has 0 bridgehead atoms. The predicted molar refractivity (Wildman–Crippen MR) is 117 cm³/mol. The zero-order chi connectivity index (χ0) is 24.3. The Morgan fingerprint density at radius 3 is 2.56 bits per heavy atom. The SMILES string of the molecule is CCC1(c2ccc(F)cc2)NC(=O)N(CC(=O)NC(=O)NCC2COc3ccccc3O2)C1=O. The molecule has 0 aromatic heterocycles. The van der Waals surface area contributed by atoms with Gasteiger partial charge in [0, 0.05) is 0 Å². The number of nitrogens with one attached hydrogen (secondary N) is 3. The maximum Gasteiger partial charge on any atom is 0.325 e. The summed E-state index contributed by atoms with van der Waals surface area (Å²) in [5, 5.41) is 7.19. The van der Waals surface area contributed by atoms with E-state index in [1.54, 1.807) is 25.1 Å². The highest BCUT2D eigenvalue weighted by atomic mass is 19.1. The molecule has 2 atom stereocenters. The Balaban J connectivity index is 1.31. The number of hydrogen-bond donors (Lipinski definition) is 3. The number of benzene rings is 2. The van der Waals surface area contributed by atoms with Gasteiger partial charge in [-0.1, -0.05) is 31.2 Å². The van der Waals surface area contributed by atoms with E-state index in [9.17, 15) is 23.6 Å². The summed E-state index contributed by atoms with van der Waals surface area (Å²) < 4.78 is 24.6. The largest absolute Gasteiger partial charge is 0.486 e. The maximum absolute atomic E-state index is 13.3. The average molecular weight is 470 g/mol. The van der Waals surface area contributed by atoms with Gasteiger partial charge < -0.3 is 20.1 Å². The zero-order valence-electron chi connectivity index (χ0n) is 18.3. The van der Waals surface area contributed by atoms with Crippen LogP contribution >= 0.6 is 0 Å². The van der Waals surface area contributed by atoms with Crippen molar-refractivity contribution in [3.05, 3.63) is 59.9 Å². The number of urea groups is 2. The number of rotatable bonds is 6. The minimum Gasteiger partial charge on any atom is -0.486 e. The topological polar surface area (TPSA) is 126 Å². The Hall–Kier alpha value is -4.15. The molecule has 1 fully saturated rings. The number of ether oxygens (including phenoxy) is 2. The molecule has 3 N–H and O–H groups in total. The lowest BCUT2D eigenvalue weighted by atomic mass is 9.87. The van der Waals surface area contributed by atoms with Crippen LogP contribution < -0.4 is 25.4 Å². The van der Waals surface area contributed by atoms with Crippen molar-refractivity contribution >= 4 is 23.9 Å². The molecule has 1 saturated heterocycles. The molecule has 2 aromatic carbocycles. The lowest BCUT2D eigenvalue weighted by molar-refractivity contribution is -0.135. The van der Waals surface area contributed by atoms with E-state index in [4.69, 9.17) is 9.47 Å². The summed E-state index contributed by atoms with van der Waals surface area (Å²) >= 11 is 0. The number of carbonyl (C=O) groups excluding carboxylic acids is 4. The Morgan fingerprint density at radius 2 is 1.85 bits per heavy atom. The molecule has 2 aliphatic heterocycles. The highest BCUT2D eigenvalue weighted by Crippen LogP contribution is 2.32. The fourth-order valence-corrected chi connectivity index (χ4v) is 3.87. The van der Waals surface area contributed by atoms with Crippen LogP contribution in [-0.2, 0) is 15.1 Å². The molecular formula is C23H23FN4O6. The molecule has 2 aromatic rings. The number of imide groups is 2. The first-order valence-corrected chi connectivity index (χ1v) is 10.7. The van der Waals surface area contributed by atoms with Crippen molar-refractivity contribution in [2.75, 3.05) is 19.7 Å². The fourth-order valence-electron chi connectivity index (χ4n) is 3.87. The standard InChI is InChI=1S/C23H23FN4O6/c1-2-23(14-7-9-15(24)10-8-14)20(30)28(22(32)27-23)12-19(29)26-21(31)25-11-16-13-33-17-5-3-4-6-18(17)34-16/h3-10,16H,2,11-13H2,1H3,(H,27,32)(H2,25,26,29,31). The Morgan fingerprint density at radius 1 is 1.15 bits per heavy atom. The van der Waals surface area contributed by atoms with E-state index in [0.717, 1.165) is 4.90 Å². The highest BCUT2D eigenvalue weighted by Gasteiger charge is 2.51. The van der Waals surface area contributed by atoms with E-state index in [0.29, 0.717) is 17.1 Å². The second-order valence-corrected chi connectivity index (χ2v) is 7.84. The maximum atomic E-state index is 13.3. The number of nitrogens with zero attached hydrogens (tertiary/aromatic N) is 1. The molecule has 2 unspecified atom stereocenters.